The summed E-state index contributed by atoms with van der Waals surface area (Å²) in [6.45, 7) is 9.14. The number of carbonyl (C=O) groups is 1. The Morgan fingerprint density at radius 2 is 2.17 bits per heavy atom. The van der Waals surface area contributed by atoms with Crippen LogP contribution in [0.15, 0.2) is 18.5 Å². The van der Waals surface area contributed by atoms with Crippen LogP contribution < -0.4 is 0 Å². The van der Waals surface area contributed by atoms with E-state index in [4.69, 9.17) is 16.3 Å². The lowest BCUT2D eigenvalue weighted by molar-refractivity contribution is 0.0127. The second-order valence-electron chi connectivity index (χ2n) is 7.40. The van der Waals surface area contributed by atoms with E-state index in [1.807, 2.05) is 33.0 Å². The molecule has 3 rings (SSSR count). The topological polar surface area (TPSA) is 60.2 Å². The van der Waals surface area contributed by atoms with Crippen LogP contribution in [0.2, 0.25) is 5.28 Å². The van der Waals surface area contributed by atoms with Gasteiger partial charge < -0.3 is 14.2 Å². The Morgan fingerprint density at radius 3 is 2.83 bits per heavy atom. The predicted molar refractivity (Wildman–Crippen MR) is 93.2 cm³/mol. The zero-order valence-corrected chi connectivity index (χ0v) is 15.2. The third-order valence-corrected chi connectivity index (χ3v) is 4.48. The van der Waals surface area contributed by atoms with Gasteiger partial charge in [-0.15, -0.1) is 0 Å². The van der Waals surface area contributed by atoms with Gasteiger partial charge in [0, 0.05) is 36.9 Å². The van der Waals surface area contributed by atoms with Gasteiger partial charge in [-0.05, 0) is 50.8 Å². The first-order chi connectivity index (χ1) is 11.2. The monoisotopic (exact) mass is 350 g/mol. The number of piperidine rings is 1. The van der Waals surface area contributed by atoms with E-state index in [-0.39, 0.29) is 23.3 Å². The van der Waals surface area contributed by atoms with Gasteiger partial charge in [0.25, 0.3) is 0 Å². The van der Waals surface area contributed by atoms with Crippen molar-refractivity contribution in [3.63, 3.8) is 0 Å². The number of aromatic nitrogens is 3. The molecule has 1 aliphatic heterocycles. The van der Waals surface area contributed by atoms with Crippen molar-refractivity contribution in [2.75, 3.05) is 13.1 Å². The number of ether oxygens (including phenoxy) is 1. The summed E-state index contributed by atoms with van der Waals surface area (Å²) in [6, 6.07) is 2.27. The summed E-state index contributed by atoms with van der Waals surface area (Å²) in [5, 5.41) is 1.22. The highest BCUT2D eigenvalue weighted by atomic mass is 35.5. The Labute approximate surface area is 146 Å². The first-order valence-corrected chi connectivity index (χ1v) is 8.59. The maximum absolute atomic E-state index is 12.3. The molecule has 130 valence electrons. The average molecular weight is 351 g/mol. The molecule has 0 unspecified atom stereocenters. The van der Waals surface area contributed by atoms with Crippen LogP contribution >= 0.6 is 11.6 Å². The minimum Gasteiger partial charge on any atom is -0.444 e. The molecule has 2 atom stereocenters. The van der Waals surface area contributed by atoms with Gasteiger partial charge in [0.1, 0.15) is 11.2 Å². The van der Waals surface area contributed by atoms with E-state index in [9.17, 15) is 4.79 Å². The number of carbonyl (C=O) groups excluding carboxylic acids is 1. The molecule has 0 aromatic carbocycles. The highest BCUT2D eigenvalue weighted by Gasteiger charge is 2.32. The van der Waals surface area contributed by atoms with Gasteiger partial charge in [-0.25, -0.2) is 9.78 Å². The Morgan fingerprint density at radius 1 is 1.42 bits per heavy atom. The molecule has 0 aliphatic carbocycles. The summed E-state index contributed by atoms with van der Waals surface area (Å²) in [7, 11) is 0. The molecule has 1 saturated heterocycles. The first kappa shape index (κ1) is 17.0. The normalized spacial score (nSPS) is 22.0. The number of hydrogen-bond donors (Lipinski definition) is 0. The minimum absolute atomic E-state index is 0.240. The van der Waals surface area contributed by atoms with Gasteiger partial charge >= 0.3 is 6.09 Å². The first-order valence-electron chi connectivity index (χ1n) is 8.21. The van der Waals surface area contributed by atoms with Crippen LogP contribution in [0, 0.1) is 5.92 Å². The molecule has 0 N–H and O–H groups in total. The van der Waals surface area contributed by atoms with Crippen molar-refractivity contribution in [1.82, 2.24) is 19.4 Å². The molecule has 24 heavy (non-hydrogen) atoms. The molecule has 0 bridgehead atoms. The second-order valence-corrected chi connectivity index (χ2v) is 7.74. The largest absolute Gasteiger partial charge is 0.444 e. The molecule has 1 aliphatic rings. The second kappa shape index (κ2) is 6.24. The summed E-state index contributed by atoms with van der Waals surface area (Å²) in [4.78, 5) is 22.4. The van der Waals surface area contributed by atoms with Crippen molar-refractivity contribution in [2.45, 2.75) is 45.8 Å². The lowest BCUT2D eigenvalue weighted by atomic mass is 9.94. The van der Waals surface area contributed by atoms with Crippen molar-refractivity contribution in [1.29, 1.82) is 0 Å². The van der Waals surface area contributed by atoms with E-state index >= 15 is 0 Å². The average Bonchev–Trinajstić information content (AvgIpc) is 2.88. The van der Waals surface area contributed by atoms with Gasteiger partial charge in [0.05, 0.1) is 0 Å². The highest BCUT2D eigenvalue weighted by molar-refractivity contribution is 6.28. The van der Waals surface area contributed by atoms with Gasteiger partial charge in [-0.3, -0.25) is 0 Å². The van der Waals surface area contributed by atoms with E-state index in [0.717, 1.165) is 17.5 Å². The number of rotatable bonds is 1. The smallest absolute Gasteiger partial charge is 0.410 e. The van der Waals surface area contributed by atoms with Crippen molar-refractivity contribution in [2.24, 2.45) is 5.92 Å². The van der Waals surface area contributed by atoms with E-state index in [1.54, 1.807) is 11.1 Å². The van der Waals surface area contributed by atoms with Crippen LogP contribution in [0.5, 0.6) is 0 Å². The molecule has 0 radical (unpaired) electrons. The number of fused-ring (bicyclic) bond motifs is 1. The van der Waals surface area contributed by atoms with Crippen LogP contribution in [0.25, 0.3) is 11.0 Å². The number of halogens is 1. The molecule has 7 heteroatoms. The standard InChI is InChI=1S/C17H23ClN4O2/c1-11-10-21(16(23)24-17(2,3)4)7-6-13(11)22-8-5-12-9-19-15(18)20-14(12)22/h5,8-9,11,13H,6-7,10H2,1-4H3/t11-,13-/m1/s1. The number of amides is 1. The third kappa shape index (κ3) is 3.48. The molecule has 2 aromatic rings. The van der Waals surface area contributed by atoms with E-state index in [0.29, 0.717) is 13.1 Å². The molecule has 6 nitrogen and oxygen atoms in total. The fourth-order valence-electron chi connectivity index (χ4n) is 3.22. The third-order valence-electron chi connectivity index (χ3n) is 4.29. The van der Waals surface area contributed by atoms with Crippen LogP contribution in [0.1, 0.15) is 40.2 Å². The lowest BCUT2D eigenvalue weighted by Crippen LogP contribution is -2.45. The SMILES string of the molecule is C[C@@H]1CN(C(=O)OC(C)(C)C)CC[C@H]1n1ccc2cnc(Cl)nc21. The van der Waals surface area contributed by atoms with Crippen LogP contribution in [-0.2, 0) is 4.74 Å². The Bertz CT molecular complexity index is 753. The van der Waals surface area contributed by atoms with Crippen molar-refractivity contribution < 1.29 is 9.53 Å². The van der Waals surface area contributed by atoms with E-state index < -0.39 is 5.60 Å². The number of nitrogens with zero attached hydrogens (tertiary/aromatic N) is 4. The van der Waals surface area contributed by atoms with Crippen LogP contribution in [-0.4, -0.2) is 44.2 Å². The highest BCUT2D eigenvalue weighted by Crippen LogP contribution is 2.31. The van der Waals surface area contributed by atoms with Crippen molar-refractivity contribution in [3.05, 3.63) is 23.7 Å². The quantitative estimate of drug-likeness (QED) is 0.732. The summed E-state index contributed by atoms with van der Waals surface area (Å²) < 4.78 is 7.63. The van der Waals surface area contributed by atoms with Gasteiger partial charge in [0.2, 0.25) is 5.28 Å². The molecular formula is C17H23ClN4O2. The maximum Gasteiger partial charge on any atom is 0.410 e. The molecule has 1 amide bonds. The van der Waals surface area contributed by atoms with Gasteiger partial charge in [0.15, 0.2) is 0 Å². The van der Waals surface area contributed by atoms with E-state index in [1.165, 1.54) is 0 Å². The van der Waals surface area contributed by atoms with Crippen molar-refractivity contribution >= 4 is 28.7 Å². The van der Waals surface area contributed by atoms with E-state index in [2.05, 4.69) is 21.5 Å². The number of likely N-dealkylation sites (tertiary alicyclic amines) is 1. The molecule has 0 saturated carbocycles. The van der Waals surface area contributed by atoms with Gasteiger partial charge in [-0.2, -0.15) is 4.98 Å². The van der Waals surface area contributed by atoms with Crippen LogP contribution in [0.4, 0.5) is 4.79 Å². The van der Waals surface area contributed by atoms with Crippen LogP contribution in [0.3, 0.4) is 0 Å². The zero-order valence-electron chi connectivity index (χ0n) is 14.5. The molecular weight excluding hydrogens is 328 g/mol. The summed E-state index contributed by atoms with van der Waals surface area (Å²) in [6.07, 6.45) is 4.38. The minimum atomic E-state index is -0.471. The Kier molecular flexibility index (Phi) is 4.42. The molecule has 1 fully saturated rings. The number of hydrogen-bond acceptors (Lipinski definition) is 4. The summed E-state index contributed by atoms with van der Waals surface area (Å²) >= 11 is 5.94. The molecule has 0 spiro atoms. The summed E-state index contributed by atoms with van der Waals surface area (Å²) in [5.74, 6) is 0.288. The predicted octanol–water partition coefficient (Wildman–Crippen LogP) is 3.90. The molecule has 3 heterocycles. The van der Waals surface area contributed by atoms with Crippen molar-refractivity contribution in [3.8, 4) is 0 Å². The molecule has 2 aromatic heterocycles. The Balaban J connectivity index is 1.76. The fourth-order valence-corrected chi connectivity index (χ4v) is 3.35. The zero-order chi connectivity index (χ0) is 17.5. The Hall–Kier alpha value is -1.82. The maximum atomic E-state index is 12.3. The van der Waals surface area contributed by atoms with Gasteiger partial charge in [-0.1, -0.05) is 6.92 Å². The lowest BCUT2D eigenvalue weighted by Gasteiger charge is -2.38. The fraction of sp³-hybridized carbons (Fsp3) is 0.588. The summed E-state index contributed by atoms with van der Waals surface area (Å²) in [5.41, 5.74) is 0.374.